The van der Waals surface area contributed by atoms with Crippen LogP contribution in [0.1, 0.15) is 33.7 Å². The number of nitrogens with zero attached hydrogens (tertiary/aromatic N) is 3. The number of aryl methyl sites for hydroxylation is 2. The summed E-state index contributed by atoms with van der Waals surface area (Å²) in [7, 11) is 1.65. The smallest absolute Gasteiger partial charge is 0.331 e. The Morgan fingerprint density at radius 3 is 2.69 bits per heavy atom. The van der Waals surface area contributed by atoms with Crippen LogP contribution < -0.4 is 4.74 Å². The lowest BCUT2D eigenvalue weighted by atomic mass is 10.1. The fraction of sp³-hybridized carbons (Fsp3) is 0.444. The average molecular weight is 361 g/mol. The fourth-order valence-electron chi connectivity index (χ4n) is 2.79. The molecule has 2 heterocycles. The van der Waals surface area contributed by atoms with Gasteiger partial charge in [0.05, 0.1) is 4.92 Å². The molecule has 0 saturated carbocycles. The SMILES string of the molecule is COCCCn1c(C)cc(C(=O)COc2ncc(C)cc2[N+](=O)[O-])c1C. The van der Waals surface area contributed by atoms with Crippen molar-refractivity contribution in [2.75, 3.05) is 20.3 Å². The largest absolute Gasteiger partial charge is 0.464 e. The molecule has 0 bridgehead atoms. The molecule has 0 N–H and O–H groups in total. The second-order valence-electron chi connectivity index (χ2n) is 6.09. The van der Waals surface area contributed by atoms with Crippen molar-refractivity contribution >= 4 is 11.5 Å². The number of methoxy groups -OCH3 is 1. The number of ketones is 1. The number of pyridine rings is 1. The van der Waals surface area contributed by atoms with E-state index in [4.69, 9.17) is 9.47 Å². The van der Waals surface area contributed by atoms with Gasteiger partial charge in [-0.05, 0) is 38.8 Å². The number of carbonyl (C=O) groups excluding carboxylic acids is 1. The van der Waals surface area contributed by atoms with Crippen LogP contribution in [-0.4, -0.2) is 40.6 Å². The molecule has 0 fully saturated rings. The summed E-state index contributed by atoms with van der Waals surface area (Å²) in [6.07, 6.45) is 2.31. The minimum absolute atomic E-state index is 0.150. The van der Waals surface area contributed by atoms with Crippen molar-refractivity contribution < 1.29 is 19.2 Å². The first-order valence-electron chi connectivity index (χ1n) is 8.27. The number of rotatable bonds is 9. The standard InChI is InChI=1S/C18H23N3O5/c1-12-8-16(21(23)24)18(19-10-12)26-11-17(22)15-9-13(2)20(14(15)3)6-5-7-25-4/h8-10H,5-7,11H2,1-4H3. The summed E-state index contributed by atoms with van der Waals surface area (Å²) in [5.74, 6) is -0.393. The van der Waals surface area contributed by atoms with E-state index >= 15 is 0 Å². The summed E-state index contributed by atoms with van der Waals surface area (Å²) < 4.78 is 12.5. The van der Waals surface area contributed by atoms with Crippen LogP contribution in [-0.2, 0) is 11.3 Å². The summed E-state index contributed by atoms with van der Waals surface area (Å²) in [6, 6.07) is 3.18. The third-order valence-corrected chi connectivity index (χ3v) is 4.11. The molecule has 8 heteroatoms. The van der Waals surface area contributed by atoms with Gasteiger partial charge in [0.1, 0.15) is 0 Å². The van der Waals surface area contributed by atoms with E-state index in [1.165, 1.54) is 12.3 Å². The Labute approximate surface area is 151 Å². The highest BCUT2D eigenvalue weighted by Gasteiger charge is 2.20. The van der Waals surface area contributed by atoms with Gasteiger partial charge in [-0.25, -0.2) is 4.98 Å². The molecule has 0 aliphatic rings. The molecule has 2 aromatic heterocycles. The molecule has 140 valence electrons. The Morgan fingerprint density at radius 1 is 1.31 bits per heavy atom. The van der Waals surface area contributed by atoms with E-state index in [2.05, 4.69) is 9.55 Å². The Balaban J connectivity index is 2.12. The molecule has 2 rings (SSSR count). The van der Waals surface area contributed by atoms with Crippen LogP contribution in [0, 0.1) is 30.9 Å². The zero-order valence-electron chi connectivity index (χ0n) is 15.4. The highest BCUT2D eigenvalue weighted by molar-refractivity contribution is 5.98. The summed E-state index contributed by atoms with van der Waals surface area (Å²) in [5, 5.41) is 11.1. The molecule has 0 saturated heterocycles. The fourth-order valence-corrected chi connectivity index (χ4v) is 2.79. The first-order chi connectivity index (χ1) is 12.3. The topological polar surface area (TPSA) is 96.5 Å². The molecule has 26 heavy (non-hydrogen) atoms. The van der Waals surface area contributed by atoms with Gasteiger partial charge in [-0.2, -0.15) is 0 Å². The minimum Gasteiger partial charge on any atom is -0.464 e. The Kier molecular flexibility index (Phi) is 6.46. The number of carbonyl (C=O) groups is 1. The van der Waals surface area contributed by atoms with Crippen molar-refractivity contribution in [3.05, 3.63) is 51.0 Å². The number of hydrogen-bond donors (Lipinski definition) is 0. The van der Waals surface area contributed by atoms with Gasteiger partial charge in [0.15, 0.2) is 6.61 Å². The van der Waals surface area contributed by atoms with Crippen LogP contribution in [0.15, 0.2) is 18.3 Å². The maximum atomic E-state index is 12.5. The van der Waals surface area contributed by atoms with Crippen LogP contribution in [0.2, 0.25) is 0 Å². The molecule has 0 spiro atoms. The van der Waals surface area contributed by atoms with E-state index in [-0.39, 0.29) is 24.0 Å². The lowest BCUT2D eigenvalue weighted by Crippen LogP contribution is -2.14. The second-order valence-corrected chi connectivity index (χ2v) is 6.09. The molecular weight excluding hydrogens is 338 g/mol. The van der Waals surface area contributed by atoms with Crippen molar-refractivity contribution in [1.29, 1.82) is 0 Å². The van der Waals surface area contributed by atoms with Gasteiger partial charge >= 0.3 is 5.69 Å². The summed E-state index contributed by atoms with van der Waals surface area (Å²) in [6.45, 7) is 6.60. The molecule has 0 aromatic carbocycles. The Bertz CT molecular complexity index is 813. The molecule has 0 aliphatic heterocycles. The maximum absolute atomic E-state index is 12.5. The number of nitro groups is 1. The molecule has 2 aromatic rings. The van der Waals surface area contributed by atoms with E-state index in [1.54, 1.807) is 14.0 Å². The normalized spacial score (nSPS) is 10.8. The van der Waals surface area contributed by atoms with E-state index in [9.17, 15) is 14.9 Å². The van der Waals surface area contributed by atoms with Gasteiger partial charge < -0.3 is 14.0 Å². The lowest BCUT2D eigenvalue weighted by molar-refractivity contribution is -0.386. The molecule has 0 amide bonds. The van der Waals surface area contributed by atoms with Gasteiger partial charge in [0.25, 0.3) is 5.88 Å². The van der Waals surface area contributed by atoms with E-state index in [0.717, 1.165) is 24.4 Å². The number of ether oxygens (including phenoxy) is 2. The van der Waals surface area contributed by atoms with Crippen molar-refractivity contribution in [2.45, 2.75) is 33.7 Å². The lowest BCUT2D eigenvalue weighted by Gasteiger charge is -2.09. The maximum Gasteiger partial charge on any atom is 0.331 e. The molecule has 0 atom stereocenters. The summed E-state index contributed by atoms with van der Waals surface area (Å²) >= 11 is 0. The zero-order valence-corrected chi connectivity index (χ0v) is 15.4. The van der Waals surface area contributed by atoms with Gasteiger partial charge in [-0.3, -0.25) is 14.9 Å². The number of hydrogen-bond acceptors (Lipinski definition) is 6. The second kappa shape index (κ2) is 8.57. The van der Waals surface area contributed by atoms with Crippen molar-refractivity contribution in [3.63, 3.8) is 0 Å². The van der Waals surface area contributed by atoms with Crippen molar-refractivity contribution in [1.82, 2.24) is 9.55 Å². The van der Waals surface area contributed by atoms with Gasteiger partial charge in [-0.15, -0.1) is 0 Å². The number of Topliss-reactive ketones (excluding diaryl/α,β-unsaturated/α-hetero) is 1. The van der Waals surface area contributed by atoms with Crippen molar-refractivity contribution in [3.8, 4) is 5.88 Å². The highest BCUT2D eigenvalue weighted by Crippen LogP contribution is 2.25. The average Bonchev–Trinajstić information content (AvgIpc) is 2.88. The van der Waals surface area contributed by atoms with E-state index in [1.807, 2.05) is 19.9 Å². The third-order valence-electron chi connectivity index (χ3n) is 4.11. The highest BCUT2D eigenvalue weighted by atomic mass is 16.6. The van der Waals surface area contributed by atoms with Gasteiger partial charge in [0, 0.05) is 49.5 Å². The Morgan fingerprint density at radius 2 is 2.04 bits per heavy atom. The van der Waals surface area contributed by atoms with Crippen LogP contribution in [0.3, 0.4) is 0 Å². The predicted octanol–water partition coefficient (Wildman–Crippen LogP) is 3.01. The van der Waals surface area contributed by atoms with E-state index in [0.29, 0.717) is 17.7 Å². The van der Waals surface area contributed by atoms with Crippen LogP contribution in [0.25, 0.3) is 0 Å². The van der Waals surface area contributed by atoms with Crippen LogP contribution in [0.5, 0.6) is 5.88 Å². The molecular formula is C18H23N3O5. The Hall–Kier alpha value is -2.74. The quantitative estimate of drug-likeness (QED) is 0.295. The summed E-state index contributed by atoms with van der Waals surface area (Å²) in [4.78, 5) is 27.0. The molecule has 0 aliphatic carbocycles. The van der Waals surface area contributed by atoms with Crippen LogP contribution >= 0.6 is 0 Å². The number of aromatic nitrogens is 2. The third kappa shape index (κ3) is 4.45. The van der Waals surface area contributed by atoms with Crippen LogP contribution in [0.4, 0.5) is 5.69 Å². The molecule has 0 unspecified atom stereocenters. The van der Waals surface area contributed by atoms with Crippen molar-refractivity contribution in [2.24, 2.45) is 0 Å². The first-order valence-corrected chi connectivity index (χ1v) is 8.27. The molecule has 0 radical (unpaired) electrons. The predicted molar refractivity (Wildman–Crippen MR) is 95.9 cm³/mol. The van der Waals surface area contributed by atoms with E-state index < -0.39 is 4.92 Å². The summed E-state index contributed by atoms with van der Waals surface area (Å²) in [5.41, 5.74) is 2.77. The minimum atomic E-state index is -0.568. The monoisotopic (exact) mass is 361 g/mol. The zero-order chi connectivity index (χ0) is 19.3. The van der Waals surface area contributed by atoms with Gasteiger partial charge in [0.2, 0.25) is 5.78 Å². The first kappa shape index (κ1) is 19.6. The molecule has 8 nitrogen and oxygen atoms in total. The van der Waals surface area contributed by atoms with Gasteiger partial charge in [-0.1, -0.05) is 0 Å².